The van der Waals surface area contributed by atoms with E-state index in [1.165, 1.54) is 5.56 Å². The standard InChI is InChI=1S/C18H29BrN2O2/c1-14-12-15(8-9-16(14)19)13-21(11-7-10-20(5)6)17(22)23-18(2,3)4/h8-9,12H,7,10-11,13H2,1-6H3. The number of halogens is 1. The summed E-state index contributed by atoms with van der Waals surface area (Å²) in [5.74, 6) is 0. The molecule has 0 fully saturated rings. The van der Waals surface area contributed by atoms with Gasteiger partial charge in [-0.25, -0.2) is 4.79 Å². The zero-order valence-corrected chi connectivity index (χ0v) is 16.7. The number of hydrogen-bond acceptors (Lipinski definition) is 3. The molecule has 1 amide bonds. The molecular formula is C18H29BrN2O2. The van der Waals surface area contributed by atoms with E-state index >= 15 is 0 Å². The molecular weight excluding hydrogens is 356 g/mol. The fourth-order valence-corrected chi connectivity index (χ4v) is 2.41. The van der Waals surface area contributed by atoms with Crippen LogP contribution < -0.4 is 0 Å². The molecule has 0 aliphatic heterocycles. The van der Waals surface area contributed by atoms with E-state index < -0.39 is 5.60 Å². The quantitative estimate of drug-likeness (QED) is 0.726. The van der Waals surface area contributed by atoms with E-state index in [1.807, 2.05) is 47.0 Å². The van der Waals surface area contributed by atoms with Crippen LogP contribution in [0.5, 0.6) is 0 Å². The highest BCUT2D eigenvalue weighted by Crippen LogP contribution is 2.19. The molecule has 0 bridgehead atoms. The van der Waals surface area contributed by atoms with Crippen LogP contribution in [0.4, 0.5) is 4.79 Å². The Balaban J connectivity index is 2.80. The van der Waals surface area contributed by atoms with Crippen molar-refractivity contribution in [1.29, 1.82) is 0 Å². The molecule has 0 aliphatic carbocycles. The van der Waals surface area contributed by atoms with Crippen molar-refractivity contribution in [3.63, 3.8) is 0 Å². The van der Waals surface area contributed by atoms with Crippen molar-refractivity contribution in [2.24, 2.45) is 0 Å². The van der Waals surface area contributed by atoms with E-state index in [0.29, 0.717) is 13.1 Å². The Morgan fingerprint density at radius 3 is 2.39 bits per heavy atom. The first-order valence-corrected chi connectivity index (χ1v) is 8.75. The van der Waals surface area contributed by atoms with Gasteiger partial charge in [0.15, 0.2) is 0 Å². The van der Waals surface area contributed by atoms with Crippen LogP contribution in [0.25, 0.3) is 0 Å². The number of rotatable bonds is 6. The maximum atomic E-state index is 12.5. The van der Waals surface area contributed by atoms with Gasteiger partial charge in [0.05, 0.1) is 0 Å². The lowest BCUT2D eigenvalue weighted by Crippen LogP contribution is -2.37. The zero-order chi connectivity index (χ0) is 17.6. The molecule has 0 N–H and O–H groups in total. The number of carbonyl (C=O) groups excluding carboxylic acids is 1. The molecule has 0 aliphatic rings. The Morgan fingerprint density at radius 1 is 1.22 bits per heavy atom. The van der Waals surface area contributed by atoms with E-state index in [2.05, 4.69) is 33.8 Å². The molecule has 130 valence electrons. The van der Waals surface area contributed by atoms with Gasteiger partial charge in [-0.3, -0.25) is 0 Å². The molecule has 0 saturated heterocycles. The van der Waals surface area contributed by atoms with Crippen LogP contribution in [-0.2, 0) is 11.3 Å². The number of ether oxygens (including phenoxy) is 1. The van der Waals surface area contributed by atoms with Gasteiger partial charge < -0.3 is 14.5 Å². The highest BCUT2D eigenvalue weighted by atomic mass is 79.9. The van der Waals surface area contributed by atoms with Gasteiger partial charge in [-0.2, -0.15) is 0 Å². The van der Waals surface area contributed by atoms with Crippen LogP contribution in [0.3, 0.4) is 0 Å². The number of hydrogen-bond donors (Lipinski definition) is 0. The number of carbonyl (C=O) groups is 1. The van der Waals surface area contributed by atoms with E-state index in [-0.39, 0.29) is 6.09 Å². The molecule has 5 heteroatoms. The Morgan fingerprint density at radius 2 is 1.87 bits per heavy atom. The van der Waals surface area contributed by atoms with Gasteiger partial charge in [0.1, 0.15) is 5.60 Å². The third-order valence-corrected chi connectivity index (χ3v) is 4.17. The van der Waals surface area contributed by atoms with Crippen LogP contribution in [0, 0.1) is 6.92 Å². The lowest BCUT2D eigenvalue weighted by atomic mass is 10.1. The molecule has 1 rings (SSSR count). The Labute approximate surface area is 148 Å². The second kappa shape index (κ2) is 8.69. The van der Waals surface area contributed by atoms with Gasteiger partial charge >= 0.3 is 6.09 Å². The molecule has 0 saturated carbocycles. The summed E-state index contributed by atoms with van der Waals surface area (Å²) in [6, 6.07) is 6.17. The van der Waals surface area contributed by atoms with Crippen molar-refractivity contribution < 1.29 is 9.53 Å². The first kappa shape index (κ1) is 20.0. The average molecular weight is 385 g/mol. The summed E-state index contributed by atoms with van der Waals surface area (Å²) < 4.78 is 6.63. The molecule has 23 heavy (non-hydrogen) atoms. The summed E-state index contributed by atoms with van der Waals surface area (Å²) in [5, 5.41) is 0. The first-order chi connectivity index (χ1) is 10.6. The number of amides is 1. The highest BCUT2D eigenvalue weighted by Gasteiger charge is 2.22. The summed E-state index contributed by atoms with van der Waals surface area (Å²) in [4.78, 5) is 16.4. The van der Waals surface area contributed by atoms with Crippen molar-refractivity contribution in [1.82, 2.24) is 9.80 Å². The molecule has 4 nitrogen and oxygen atoms in total. The number of nitrogens with zero attached hydrogens (tertiary/aromatic N) is 2. The molecule has 0 aromatic heterocycles. The molecule has 0 unspecified atom stereocenters. The lowest BCUT2D eigenvalue weighted by molar-refractivity contribution is 0.0228. The minimum Gasteiger partial charge on any atom is -0.444 e. The summed E-state index contributed by atoms with van der Waals surface area (Å²) in [6.07, 6.45) is 0.665. The molecule has 0 spiro atoms. The topological polar surface area (TPSA) is 32.8 Å². The van der Waals surface area contributed by atoms with Crippen molar-refractivity contribution in [2.45, 2.75) is 46.3 Å². The monoisotopic (exact) mass is 384 g/mol. The predicted molar refractivity (Wildman–Crippen MR) is 98.7 cm³/mol. The Hall–Kier alpha value is -1.07. The van der Waals surface area contributed by atoms with Crippen molar-refractivity contribution in [2.75, 3.05) is 27.2 Å². The second-order valence-electron chi connectivity index (χ2n) is 7.14. The minimum atomic E-state index is -0.480. The van der Waals surface area contributed by atoms with Crippen LogP contribution >= 0.6 is 15.9 Å². The minimum absolute atomic E-state index is 0.253. The number of benzene rings is 1. The smallest absolute Gasteiger partial charge is 0.410 e. The van der Waals surface area contributed by atoms with Crippen LogP contribution in [-0.4, -0.2) is 48.7 Å². The SMILES string of the molecule is Cc1cc(CN(CCCN(C)C)C(=O)OC(C)(C)C)ccc1Br. The Bertz CT molecular complexity index is 524. The van der Waals surface area contributed by atoms with Gasteiger partial charge in [-0.1, -0.05) is 28.1 Å². The second-order valence-corrected chi connectivity index (χ2v) is 8.00. The average Bonchev–Trinajstić information content (AvgIpc) is 2.39. The Kier molecular flexibility index (Phi) is 7.55. The molecule has 0 heterocycles. The van der Waals surface area contributed by atoms with Gasteiger partial charge in [-0.15, -0.1) is 0 Å². The zero-order valence-electron chi connectivity index (χ0n) is 15.1. The van der Waals surface area contributed by atoms with Gasteiger partial charge in [0, 0.05) is 17.6 Å². The van der Waals surface area contributed by atoms with Crippen molar-refractivity contribution in [3.8, 4) is 0 Å². The van der Waals surface area contributed by atoms with E-state index in [1.54, 1.807) is 4.90 Å². The van der Waals surface area contributed by atoms with E-state index in [9.17, 15) is 4.79 Å². The summed E-state index contributed by atoms with van der Waals surface area (Å²) in [6.45, 7) is 9.93. The van der Waals surface area contributed by atoms with Crippen molar-refractivity contribution in [3.05, 3.63) is 33.8 Å². The molecule has 1 aromatic carbocycles. The van der Waals surface area contributed by atoms with Gasteiger partial charge in [0.2, 0.25) is 0 Å². The largest absolute Gasteiger partial charge is 0.444 e. The third kappa shape index (κ3) is 7.84. The third-order valence-electron chi connectivity index (χ3n) is 3.28. The van der Waals surface area contributed by atoms with E-state index in [4.69, 9.17) is 4.74 Å². The summed E-state index contributed by atoms with van der Waals surface area (Å²) in [5.41, 5.74) is 1.80. The van der Waals surface area contributed by atoms with Crippen LogP contribution in [0.1, 0.15) is 38.3 Å². The summed E-state index contributed by atoms with van der Waals surface area (Å²) >= 11 is 3.51. The maximum Gasteiger partial charge on any atom is 0.410 e. The fourth-order valence-electron chi connectivity index (χ4n) is 2.16. The molecule has 0 radical (unpaired) electrons. The summed E-state index contributed by atoms with van der Waals surface area (Å²) in [7, 11) is 4.08. The predicted octanol–water partition coefficient (Wildman–Crippen LogP) is 4.45. The van der Waals surface area contributed by atoms with E-state index in [0.717, 1.165) is 23.0 Å². The highest BCUT2D eigenvalue weighted by molar-refractivity contribution is 9.10. The van der Waals surface area contributed by atoms with Crippen LogP contribution in [0.2, 0.25) is 0 Å². The van der Waals surface area contributed by atoms with Crippen LogP contribution in [0.15, 0.2) is 22.7 Å². The normalized spacial score (nSPS) is 11.7. The van der Waals surface area contributed by atoms with Gasteiger partial charge in [0.25, 0.3) is 0 Å². The first-order valence-electron chi connectivity index (χ1n) is 7.96. The number of aryl methyl sites for hydroxylation is 1. The lowest BCUT2D eigenvalue weighted by Gasteiger charge is -2.28. The maximum absolute atomic E-state index is 12.5. The molecule has 1 aromatic rings. The van der Waals surface area contributed by atoms with Crippen molar-refractivity contribution >= 4 is 22.0 Å². The fraction of sp³-hybridized carbons (Fsp3) is 0.611. The van der Waals surface area contributed by atoms with Gasteiger partial charge in [-0.05, 0) is 71.9 Å². The molecule has 0 atom stereocenters.